The van der Waals surface area contributed by atoms with E-state index in [4.69, 9.17) is 28.4 Å². The van der Waals surface area contributed by atoms with Crippen LogP contribution < -0.4 is 0 Å². The molecule has 0 aromatic carbocycles. The van der Waals surface area contributed by atoms with Crippen LogP contribution >= 0.6 is 0 Å². The van der Waals surface area contributed by atoms with Gasteiger partial charge >= 0.3 is 0 Å². The third kappa shape index (κ3) is 31.3. The maximum atomic E-state index is 5.61. The van der Waals surface area contributed by atoms with Crippen molar-refractivity contribution in [2.75, 3.05) is 72.7 Å². The van der Waals surface area contributed by atoms with Gasteiger partial charge in [-0.25, -0.2) is 0 Å². The highest BCUT2D eigenvalue weighted by molar-refractivity contribution is 4.79. The summed E-state index contributed by atoms with van der Waals surface area (Å²) in [7, 11) is 0. The van der Waals surface area contributed by atoms with Crippen molar-refractivity contribution in [3.8, 4) is 0 Å². The van der Waals surface area contributed by atoms with Crippen LogP contribution in [0.1, 0.15) is 203 Å². The zero-order chi connectivity index (χ0) is 45.8. The molecule has 0 saturated carbocycles. The summed E-state index contributed by atoms with van der Waals surface area (Å²) in [6.45, 7) is 58.2. The average Bonchev–Trinajstić information content (AvgIpc) is 3.47. The van der Waals surface area contributed by atoms with Crippen LogP contribution in [0.3, 0.4) is 0 Å². The summed E-state index contributed by atoms with van der Waals surface area (Å²) in [6, 6.07) is 0. The highest BCUT2D eigenvalue weighted by Crippen LogP contribution is 2.36. The van der Waals surface area contributed by atoms with Crippen LogP contribution in [0.5, 0.6) is 0 Å². The second-order valence-electron chi connectivity index (χ2n) is 25.9. The SMILES string of the molecule is CC(C)(C)C1CCCOCC1.CC(C)(C)C1CCOC1.CC(C)(C)C1CCOCC1.CC(C)(C)C1CCOCC1.CC(C)(C)C1COC1.CC(C)(C)CCOC(C)(C)C. The Morgan fingerprint density at radius 1 is 0.339 bits per heavy atom. The lowest BCUT2D eigenvalue weighted by molar-refractivity contribution is -0.0821. The molecule has 5 aliphatic heterocycles. The van der Waals surface area contributed by atoms with E-state index in [-0.39, 0.29) is 5.60 Å². The van der Waals surface area contributed by atoms with Gasteiger partial charge in [0.2, 0.25) is 0 Å². The Morgan fingerprint density at radius 3 is 0.864 bits per heavy atom. The number of rotatable bonds is 2. The van der Waals surface area contributed by atoms with Gasteiger partial charge in [0, 0.05) is 65.4 Å². The normalized spacial score (nSPS) is 23.1. The Kier molecular flexibility index (Phi) is 27.1. The molecule has 2 atom stereocenters. The van der Waals surface area contributed by atoms with Crippen molar-refractivity contribution in [1.29, 1.82) is 0 Å². The first-order valence-electron chi connectivity index (χ1n) is 24.3. The van der Waals surface area contributed by atoms with E-state index < -0.39 is 0 Å². The van der Waals surface area contributed by atoms with Gasteiger partial charge in [0.1, 0.15) is 0 Å². The van der Waals surface area contributed by atoms with Gasteiger partial charge in [0.25, 0.3) is 0 Å². The minimum atomic E-state index is 0.0191. The van der Waals surface area contributed by atoms with E-state index in [2.05, 4.69) is 145 Å². The van der Waals surface area contributed by atoms with Crippen LogP contribution in [0.2, 0.25) is 0 Å². The second kappa shape index (κ2) is 27.2. The maximum Gasteiger partial charge on any atom is 0.0598 e. The quantitative estimate of drug-likeness (QED) is 0.276. The number of hydrogen-bond donors (Lipinski definition) is 0. The van der Waals surface area contributed by atoms with Crippen molar-refractivity contribution in [1.82, 2.24) is 0 Å². The number of ether oxygens (including phenoxy) is 6. The summed E-state index contributed by atoms with van der Waals surface area (Å²) in [6.07, 6.45) is 11.3. The van der Waals surface area contributed by atoms with Crippen LogP contribution in [-0.4, -0.2) is 78.3 Å². The minimum absolute atomic E-state index is 0.0191. The van der Waals surface area contributed by atoms with Gasteiger partial charge in [-0.05, 0) is 135 Å². The van der Waals surface area contributed by atoms with Gasteiger partial charge in [0.15, 0.2) is 0 Å². The molecule has 0 radical (unpaired) electrons. The third-order valence-corrected chi connectivity index (χ3v) is 13.0. The minimum Gasteiger partial charge on any atom is -0.381 e. The molecule has 5 rings (SSSR count). The molecule has 5 aliphatic rings. The Balaban J connectivity index is 0.000000686. The topological polar surface area (TPSA) is 55.4 Å². The average molecular weight is 841 g/mol. The van der Waals surface area contributed by atoms with Gasteiger partial charge in [-0.15, -0.1) is 0 Å². The Morgan fingerprint density at radius 2 is 0.644 bits per heavy atom. The summed E-state index contributed by atoms with van der Waals surface area (Å²) >= 11 is 0. The van der Waals surface area contributed by atoms with Crippen molar-refractivity contribution in [3.63, 3.8) is 0 Å². The van der Waals surface area contributed by atoms with E-state index in [1.165, 1.54) is 51.4 Å². The van der Waals surface area contributed by atoms with E-state index in [0.29, 0.717) is 32.5 Å². The molecule has 0 aromatic rings. The number of hydrogen-bond acceptors (Lipinski definition) is 6. The van der Waals surface area contributed by atoms with E-state index in [1.807, 2.05) is 0 Å². The molecule has 0 amide bonds. The molecular formula is C53H108O6. The van der Waals surface area contributed by atoms with Crippen molar-refractivity contribution in [3.05, 3.63) is 0 Å². The second-order valence-corrected chi connectivity index (χ2v) is 25.9. The van der Waals surface area contributed by atoms with Crippen LogP contribution in [0.25, 0.3) is 0 Å². The molecule has 0 spiro atoms. The first-order chi connectivity index (χ1) is 26.7. The lowest BCUT2D eigenvalue weighted by Crippen LogP contribution is -2.37. The fourth-order valence-electron chi connectivity index (χ4n) is 7.51. The van der Waals surface area contributed by atoms with Gasteiger partial charge in [-0.3, -0.25) is 0 Å². The van der Waals surface area contributed by atoms with Gasteiger partial charge < -0.3 is 28.4 Å². The third-order valence-electron chi connectivity index (χ3n) is 13.0. The summed E-state index contributed by atoms with van der Waals surface area (Å²) in [4.78, 5) is 0. The van der Waals surface area contributed by atoms with Crippen LogP contribution in [0.15, 0.2) is 0 Å². The molecule has 59 heavy (non-hydrogen) atoms. The van der Waals surface area contributed by atoms with Crippen LogP contribution in [0.4, 0.5) is 0 Å². The summed E-state index contributed by atoms with van der Waals surface area (Å²) < 4.78 is 32.0. The predicted molar refractivity (Wildman–Crippen MR) is 256 cm³/mol. The smallest absolute Gasteiger partial charge is 0.0598 e. The lowest BCUT2D eigenvalue weighted by Gasteiger charge is -2.37. The van der Waals surface area contributed by atoms with E-state index in [0.717, 1.165) is 109 Å². The lowest BCUT2D eigenvalue weighted by atomic mass is 9.76. The molecule has 356 valence electrons. The fourth-order valence-corrected chi connectivity index (χ4v) is 7.51. The van der Waals surface area contributed by atoms with E-state index >= 15 is 0 Å². The molecule has 0 aromatic heterocycles. The largest absolute Gasteiger partial charge is 0.381 e. The molecule has 0 N–H and O–H groups in total. The van der Waals surface area contributed by atoms with E-state index in [1.54, 1.807) is 0 Å². The first kappa shape index (κ1) is 58.8. The van der Waals surface area contributed by atoms with Gasteiger partial charge in [-0.1, -0.05) is 125 Å². The highest BCUT2D eigenvalue weighted by atomic mass is 16.5. The summed E-state index contributed by atoms with van der Waals surface area (Å²) in [5, 5.41) is 0. The molecule has 0 aliphatic carbocycles. The van der Waals surface area contributed by atoms with Crippen molar-refractivity contribution >= 4 is 0 Å². The molecular weight excluding hydrogens is 733 g/mol. The molecule has 2 unspecified atom stereocenters. The van der Waals surface area contributed by atoms with Crippen molar-refractivity contribution in [2.45, 2.75) is 209 Å². The first-order valence-corrected chi connectivity index (χ1v) is 24.3. The van der Waals surface area contributed by atoms with E-state index in [9.17, 15) is 0 Å². The fraction of sp³-hybridized carbons (Fsp3) is 1.00. The Hall–Kier alpha value is -0.240. The molecule has 6 heteroatoms. The Bertz CT molecular complexity index is 948. The molecule has 5 fully saturated rings. The monoisotopic (exact) mass is 841 g/mol. The summed E-state index contributed by atoms with van der Waals surface area (Å²) in [5.74, 6) is 4.22. The predicted octanol–water partition coefficient (Wildman–Crippen LogP) is 14.8. The highest BCUT2D eigenvalue weighted by Gasteiger charge is 2.31. The van der Waals surface area contributed by atoms with Crippen molar-refractivity contribution in [2.24, 2.45) is 62.1 Å². The molecule has 5 saturated heterocycles. The van der Waals surface area contributed by atoms with Crippen molar-refractivity contribution < 1.29 is 28.4 Å². The Labute approximate surface area is 370 Å². The zero-order valence-electron chi connectivity index (χ0n) is 44.0. The molecule has 5 heterocycles. The maximum absolute atomic E-state index is 5.61. The van der Waals surface area contributed by atoms with Crippen LogP contribution in [-0.2, 0) is 28.4 Å². The van der Waals surface area contributed by atoms with Gasteiger partial charge in [0.05, 0.1) is 18.8 Å². The molecule has 0 bridgehead atoms. The standard InChI is InChI=1S/C10H20O.C10H22O.2C9H18O.C8H16O.C7H14O/c1-10(2,3)9-5-4-7-11-8-6-9;1-9(2,3)7-8-11-10(4,5)6;2*1-9(2,3)8-4-6-10-7-5-8;1-8(2,3)7-4-5-9-6-7;1-7(2,3)6-4-8-5-6/h9H,4-8H2,1-3H3;7-8H2,1-6H3;2*8H,4-7H2,1-3H3;7H,4-6H2,1-3H3;6H,4-5H2,1-3H3. The van der Waals surface area contributed by atoms with Gasteiger partial charge in [-0.2, -0.15) is 0 Å². The summed E-state index contributed by atoms with van der Waals surface area (Å²) in [5.41, 5.74) is 2.80. The zero-order valence-corrected chi connectivity index (χ0v) is 44.0. The van der Waals surface area contributed by atoms with Crippen LogP contribution in [0, 0.1) is 62.1 Å². The molecule has 6 nitrogen and oxygen atoms in total.